The Hall–Kier alpha value is -2.51. The van der Waals surface area contributed by atoms with E-state index < -0.39 is 21.7 Å². The summed E-state index contributed by atoms with van der Waals surface area (Å²) in [5.41, 5.74) is 0.276. The van der Waals surface area contributed by atoms with Gasteiger partial charge in [0.25, 0.3) is 5.91 Å². The summed E-state index contributed by atoms with van der Waals surface area (Å²) in [6.45, 7) is 3.55. The lowest BCUT2D eigenvalue weighted by Gasteiger charge is -2.08. The molecular formula is C16H15FN2O3S. The van der Waals surface area contributed by atoms with Gasteiger partial charge >= 0.3 is 0 Å². The summed E-state index contributed by atoms with van der Waals surface area (Å²) in [4.78, 5) is 12.0. The highest BCUT2D eigenvalue weighted by atomic mass is 32.2. The summed E-state index contributed by atoms with van der Waals surface area (Å²) in [5.74, 6) is -1.23. The zero-order chi connectivity index (χ0) is 16.9. The van der Waals surface area contributed by atoms with E-state index in [1.165, 1.54) is 48.5 Å². The molecule has 0 aliphatic heterocycles. The fourth-order valence-electron chi connectivity index (χ4n) is 1.81. The highest BCUT2D eigenvalue weighted by Crippen LogP contribution is 2.15. The molecule has 120 valence electrons. The van der Waals surface area contributed by atoms with Crippen molar-refractivity contribution >= 4 is 21.6 Å². The summed E-state index contributed by atoms with van der Waals surface area (Å²) in [7, 11) is -3.62. The maximum Gasteiger partial charge on any atom is 0.258 e. The number of nitrogens with one attached hydrogen (secondary N) is 2. The van der Waals surface area contributed by atoms with Gasteiger partial charge in [0, 0.05) is 12.2 Å². The molecule has 0 atom stereocenters. The van der Waals surface area contributed by atoms with Crippen LogP contribution in [0.3, 0.4) is 0 Å². The van der Waals surface area contributed by atoms with Crippen LogP contribution < -0.4 is 10.0 Å². The summed E-state index contributed by atoms with van der Waals surface area (Å²) in [6.07, 6.45) is 1.43. The van der Waals surface area contributed by atoms with E-state index in [4.69, 9.17) is 0 Å². The van der Waals surface area contributed by atoms with E-state index in [2.05, 4.69) is 16.6 Å². The Morgan fingerprint density at radius 3 is 2.39 bits per heavy atom. The van der Waals surface area contributed by atoms with Gasteiger partial charge in [-0.15, -0.1) is 6.58 Å². The second kappa shape index (κ2) is 7.17. The molecule has 0 aliphatic rings. The minimum atomic E-state index is -3.62. The average molecular weight is 334 g/mol. The number of anilines is 1. The highest BCUT2D eigenvalue weighted by molar-refractivity contribution is 7.89. The molecule has 5 nitrogen and oxygen atoms in total. The van der Waals surface area contributed by atoms with Crippen molar-refractivity contribution in [2.24, 2.45) is 0 Å². The molecule has 0 spiro atoms. The van der Waals surface area contributed by atoms with E-state index in [-0.39, 0.29) is 17.0 Å². The van der Waals surface area contributed by atoms with Crippen LogP contribution in [0.1, 0.15) is 10.4 Å². The van der Waals surface area contributed by atoms with Gasteiger partial charge in [-0.3, -0.25) is 4.79 Å². The summed E-state index contributed by atoms with van der Waals surface area (Å²) in [6, 6.07) is 11.2. The van der Waals surface area contributed by atoms with E-state index >= 15 is 0 Å². The molecule has 0 heterocycles. The molecule has 2 aromatic carbocycles. The van der Waals surface area contributed by atoms with Crippen LogP contribution in [0.2, 0.25) is 0 Å². The molecule has 2 N–H and O–H groups in total. The lowest BCUT2D eigenvalue weighted by molar-refractivity contribution is 0.102. The molecule has 1 amide bonds. The van der Waals surface area contributed by atoms with Crippen LogP contribution >= 0.6 is 0 Å². The standard InChI is InChI=1S/C16H15FN2O3S/c1-2-11-18-23(21,22)13-9-7-12(8-10-13)19-16(20)14-5-3-4-6-15(14)17/h2-10,18H,1,11H2,(H,19,20). The molecular weight excluding hydrogens is 319 g/mol. The van der Waals surface area contributed by atoms with Gasteiger partial charge in [-0.05, 0) is 36.4 Å². The molecule has 0 fully saturated rings. The molecule has 0 aromatic heterocycles. The smallest absolute Gasteiger partial charge is 0.258 e. The van der Waals surface area contributed by atoms with Crippen molar-refractivity contribution in [2.75, 3.05) is 11.9 Å². The first kappa shape index (κ1) is 16.9. The molecule has 0 saturated carbocycles. The third-order valence-corrected chi connectivity index (χ3v) is 4.40. The molecule has 23 heavy (non-hydrogen) atoms. The predicted octanol–water partition coefficient (Wildman–Crippen LogP) is 2.54. The molecule has 2 rings (SSSR count). The lowest BCUT2D eigenvalue weighted by Crippen LogP contribution is -2.23. The molecule has 7 heteroatoms. The second-order valence-electron chi connectivity index (χ2n) is 4.60. The fourth-order valence-corrected chi connectivity index (χ4v) is 2.81. The number of hydrogen-bond acceptors (Lipinski definition) is 3. The van der Waals surface area contributed by atoms with Crippen molar-refractivity contribution in [3.05, 3.63) is 72.6 Å². The van der Waals surface area contributed by atoms with Crippen LogP contribution in [0.5, 0.6) is 0 Å². The molecule has 2 aromatic rings. The van der Waals surface area contributed by atoms with Gasteiger partial charge in [-0.2, -0.15) is 0 Å². The van der Waals surface area contributed by atoms with Gasteiger partial charge in [0.05, 0.1) is 10.5 Å². The lowest BCUT2D eigenvalue weighted by atomic mass is 10.2. The zero-order valence-electron chi connectivity index (χ0n) is 12.1. The Bertz CT molecular complexity index is 817. The number of rotatable bonds is 6. The molecule has 0 bridgehead atoms. The minimum absolute atomic E-state index is 0.0586. The van der Waals surface area contributed by atoms with Gasteiger partial charge in [0.15, 0.2) is 0 Å². The topological polar surface area (TPSA) is 75.3 Å². The number of carbonyl (C=O) groups is 1. The van der Waals surface area contributed by atoms with Crippen LogP contribution in [-0.4, -0.2) is 20.9 Å². The van der Waals surface area contributed by atoms with Crippen molar-refractivity contribution in [1.29, 1.82) is 0 Å². The average Bonchev–Trinajstić information content (AvgIpc) is 2.54. The van der Waals surface area contributed by atoms with Gasteiger partial charge in [-0.1, -0.05) is 18.2 Å². The Morgan fingerprint density at radius 2 is 1.78 bits per heavy atom. The summed E-state index contributed by atoms with van der Waals surface area (Å²) < 4.78 is 39.7. The van der Waals surface area contributed by atoms with Crippen LogP contribution in [0.25, 0.3) is 0 Å². The van der Waals surface area contributed by atoms with E-state index in [0.29, 0.717) is 5.69 Å². The van der Waals surface area contributed by atoms with Crippen LogP contribution in [0.4, 0.5) is 10.1 Å². The molecule has 0 radical (unpaired) electrons. The molecule has 0 saturated heterocycles. The minimum Gasteiger partial charge on any atom is -0.322 e. The normalized spacial score (nSPS) is 11.0. The fraction of sp³-hybridized carbons (Fsp3) is 0.0625. The number of sulfonamides is 1. The van der Waals surface area contributed by atoms with Crippen molar-refractivity contribution in [3.8, 4) is 0 Å². The maximum absolute atomic E-state index is 13.5. The number of amides is 1. The van der Waals surface area contributed by atoms with Gasteiger partial charge in [0.1, 0.15) is 5.82 Å². The highest BCUT2D eigenvalue weighted by Gasteiger charge is 2.14. The second-order valence-corrected chi connectivity index (χ2v) is 6.37. The van der Waals surface area contributed by atoms with Crippen molar-refractivity contribution in [2.45, 2.75) is 4.90 Å². The molecule has 0 aliphatic carbocycles. The van der Waals surface area contributed by atoms with E-state index in [1.807, 2.05) is 0 Å². The van der Waals surface area contributed by atoms with Gasteiger partial charge in [0.2, 0.25) is 10.0 Å². The van der Waals surface area contributed by atoms with Gasteiger partial charge in [-0.25, -0.2) is 17.5 Å². The first-order chi connectivity index (χ1) is 10.9. The Balaban J connectivity index is 2.13. The third-order valence-electron chi connectivity index (χ3n) is 2.96. The number of carbonyl (C=O) groups excluding carboxylic acids is 1. The number of hydrogen-bond donors (Lipinski definition) is 2. The molecule has 0 unspecified atom stereocenters. The maximum atomic E-state index is 13.5. The quantitative estimate of drug-likeness (QED) is 0.797. The SMILES string of the molecule is C=CCNS(=O)(=O)c1ccc(NC(=O)c2ccccc2F)cc1. The Labute approximate surface area is 133 Å². The number of halogens is 1. The number of benzene rings is 2. The van der Waals surface area contributed by atoms with Crippen molar-refractivity contribution in [1.82, 2.24) is 4.72 Å². The largest absolute Gasteiger partial charge is 0.322 e. The Kier molecular flexibility index (Phi) is 5.25. The van der Waals surface area contributed by atoms with Crippen LogP contribution in [-0.2, 0) is 10.0 Å². The monoisotopic (exact) mass is 334 g/mol. The van der Waals surface area contributed by atoms with Crippen molar-refractivity contribution < 1.29 is 17.6 Å². The summed E-state index contributed by atoms with van der Waals surface area (Å²) >= 11 is 0. The van der Waals surface area contributed by atoms with E-state index in [0.717, 1.165) is 0 Å². The Morgan fingerprint density at radius 1 is 1.13 bits per heavy atom. The zero-order valence-corrected chi connectivity index (χ0v) is 12.9. The summed E-state index contributed by atoms with van der Waals surface area (Å²) in [5, 5.41) is 2.51. The van der Waals surface area contributed by atoms with Crippen LogP contribution in [0, 0.1) is 5.82 Å². The predicted molar refractivity (Wildman–Crippen MR) is 86.2 cm³/mol. The third kappa shape index (κ3) is 4.24. The van der Waals surface area contributed by atoms with E-state index in [1.54, 1.807) is 6.07 Å². The van der Waals surface area contributed by atoms with E-state index in [9.17, 15) is 17.6 Å². The first-order valence-corrected chi connectivity index (χ1v) is 8.19. The van der Waals surface area contributed by atoms with Crippen LogP contribution in [0.15, 0.2) is 66.1 Å². The van der Waals surface area contributed by atoms with Crippen molar-refractivity contribution in [3.63, 3.8) is 0 Å². The first-order valence-electron chi connectivity index (χ1n) is 6.70. The van der Waals surface area contributed by atoms with Gasteiger partial charge < -0.3 is 5.32 Å².